The standard InChI is InChI=1S/C10H18F3NO2/c11-10(12,13)16-7-6-14-5-3-1-2-4-9(14)8-15/h9,15H,1-8H2. The molecule has 1 aliphatic rings. The molecule has 1 saturated heterocycles. The van der Waals surface area contributed by atoms with Gasteiger partial charge < -0.3 is 5.11 Å². The molecule has 0 aromatic rings. The summed E-state index contributed by atoms with van der Waals surface area (Å²) in [7, 11) is 0. The lowest BCUT2D eigenvalue weighted by atomic mass is 10.1. The summed E-state index contributed by atoms with van der Waals surface area (Å²) in [5.74, 6) is 0. The SMILES string of the molecule is OCC1CCCCCN1CCOC(F)(F)F. The maximum atomic E-state index is 11.8. The van der Waals surface area contributed by atoms with E-state index in [1.54, 1.807) is 0 Å². The third-order valence-electron chi connectivity index (χ3n) is 2.85. The zero-order valence-corrected chi connectivity index (χ0v) is 9.17. The number of aliphatic hydroxyl groups excluding tert-OH is 1. The van der Waals surface area contributed by atoms with Crippen LogP contribution in [0.4, 0.5) is 13.2 Å². The van der Waals surface area contributed by atoms with Gasteiger partial charge in [-0.2, -0.15) is 0 Å². The van der Waals surface area contributed by atoms with Crippen molar-refractivity contribution in [1.29, 1.82) is 0 Å². The van der Waals surface area contributed by atoms with Crippen molar-refractivity contribution in [2.45, 2.75) is 38.1 Å². The third kappa shape index (κ3) is 5.14. The Morgan fingerprint density at radius 3 is 2.62 bits per heavy atom. The van der Waals surface area contributed by atoms with Crippen LogP contribution in [-0.4, -0.2) is 48.7 Å². The van der Waals surface area contributed by atoms with E-state index in [0.717, 1.165) is 32.2 Å². The van der Waals surface area contributed by atoms with Gasteiger partial charge in [0.1, 0.15) is 0 Å². The molecule has 1 fully saturated rings. The first-order chi connectivity index (χ1) is 7.53. The minimum Gasteiger partial charge on any atom is -0.395 e. The van der Waals surface area contributed by atoms with E-state index in [1.807, 2.05) is 4.90 Å². The van der Waals surface area contributed by atoms with Crippen LogP contribution in [0.1, 0.15) is 25.7 Å². The molecule has 1 atom stereocenters. The molecule has 1 aliphatic heterocycles. The molecular formula is C10H18F3NO2. The Morgan fingerprint density at radius 1 is 1.25 bits per heavy atom. The van der Waals surface area contributed by atoms with Gasteiger partial charge in [0, 0.05) is 12.6 Å². The van der Waals surface area contributed by atoms with Gasteiger partial charge in [-0.1, -0.05) is 12.8 Å². The second kappa shape index (κ2) is 6.42. The molecule has 0 amide bonds. The van der Waals surface area contributed by atoms with Crippen molar-refractivity contribution in [3.8, 4) is 0 Å². The third-order valence-corrected chi connectivity index (χ3v) is 2.85. The van der Waals surface area contributed by atoms with Gasteiger partial charge in [0.2, 0.25) is 0 Å². The van der Waals surface area contributed by atoms with Crippen LogP contribution in [-0.2, 0) is 4.74 Å². The molecule has 0 bridgehead atoms. The zero-order valence-electron chi connectivity index (χ0n) is 9.17. The number of halogens is 3. The van der Waals surface area contributed by atoms with Gasteiger partial charge in [0.15, 0.2) is 0 Å². The van der Waals surface area contributed by atoms with Gasteiger partial charge in [-0.25, -0.2) is 0 Å². The molecule has 6 heteroatoms. The zero-order chi connectivity index (χ0) is 12.0. The molecule has 0 radical (unpaired) electrons. The van der Waals surface area contributed by atoms with Crippen LogP contribution in [0.3, 0.4) is 0 Å². The van der Waals surface area contributed by atoms with E-state index in [1.165, 1.54) is 0 Å². The summed E-state index contributed by atoms with van der Waals surface area (Å²) >= 11 is 0. The molecule has 3 nitrogen and oxygen atoms in total. The molecule has 1 heterocycles. The Hall–Kier alpha value is -0.330. The van der Waals surface area contributed by atoms with Crippen LogP contribution in [0, 0.1) is 0 Å². The van der Waals surface area contributed by atoms with Crippen LogP contribution in [0.15, 0.2) is 0 Å². The Bertz CT molecular complexity index is 199. The first kappa shape index (κ1) is 13.7. The van der Waals surface area contributed by atoms with Crippen molar-refractivity contribution in [3.05, 3.63) is 0 Å². The Balaban J connectivity index is 2.31. The average molecular weight is 241 g/mol. The molecule has 0 aromatic heterocycles. The van der Waals surface area contributed by atoms with Gasteiger partial charge in [0.25, 0.3) is 0 Å². The van der Waals surface area contributed by atoms with Crippen molar-refractivity contribution in [1.82, 2.24) is 4.90 Å². The highest BCUT2D eigenvalue weighted by Crippen LogP contribution is 2.18. The van der Waals surface area contributed by atoms with E-state index in [0.29, 0.717) is 0 Å². The molecular weight excluding hydrogens is 223 g/mol. The predicted molar refractivity (Wildman–Crippen MR) is 52.9 cm³/mol. The highest BCUT2D eigenvalue weighted by atomic mass is 19.4. The number of hydrogen-bond acceptors (Lipinski definition) is 3. The van der Waals surface area contributed by atoms with Crippen molar-refractivity contribution < 1.29 is 23.0 Å². The van der Waals surface area contributed by atoms with Crippen molar-refractivity contribution in [3.63, 3.8) is 0 Å². The first-order valence-corrected chi connectivity index (χ1v) is 5.58. The van der Waals surface area contributed by atoms with E-state index < -0.39 is 6.36 Å². The fourth-order valence-electron chi connectivity index (χ4n) is 2.02. The molecule has 1 unspecified atom stereocenters. The summed E-state index contributed by atoms with van der Waals surface area (Å²) in [5.41, 5.74) is 0. The van der Waals surface area contributed by atoms with Crippen LogP contribution in [0.25, 0.3) is 0 Å². The molecule has 16 heavy (non-hydrogen) atoms. The fourth-order valence-corrected chi connectivity index (χ4v) is 2.02. The van der Waals surface area contributed by atoms with Gasteiger partial charge >= 0.3 is 6.36 Å². The summed E-state index contributed by atoms with van der Waals surface area (Å²) in [6.45, 7) is 0.614. The van der Waals surface area contributed by atoms with Crippen LogP contribution < -0.4 is 0 Å². The second-order valence-corrected chi connectivity index (χ2v) is 4.02. The maximum Gasteiger partial charge on any atom is 0.522 e. The van der Waals surface area contributed by atoms with Crippen LogP contribution in [0.5, 0.6) is 0 Å². The Kier molecular flexibility index (Phi) is 5.51. The lowest BCUT2D eigenvalue weighted by Gasteiger charge is -2.28. The monoisotopic (exact) mass is 241 g/mol. The largest absolute Gasteiger partial charge is 0.522 e. The van der Waals surface area contributed by atoms with E-state index in [-0.39, 0.29) is 25.8 Å². The smallest absolute Gasteiger partial charge is 0.395 e. The maximum absolute atomic E-state index is 11.8. The van der Waals surface area contributed by atoms with E-state index in [2.05, 4.69) is 4.74 Å². The number of ether oxygens (including phenoxy) is 1. The first-order valence-electron chi connectivity index (χ1n) is 5.58. The summed E-state index contributed by atoms with van der Waals surface area (Å²) in [5, 5.41) is 9.14. The molecule has 96 valence electrons. The topological polar surface area (TPSA) is 32.7 Å². The Labute approximate surface area is 93.2 Å². The quantitative estimate of drug-likeness (QED) is 0.814. The molecule has 0 aliphatic carbocycles. The number of hydrogen-bond donors (Lipinski definition) is 1. The summed E-state index contributed by atoms with van der Waals surface area (Å²) in [4.78, 5) is 1.89. The number of alkyl halides is 3. The highest BCUT2D eigenvalue weighted by molar-refractivity contribution is 4.74. The normalized spacial score (nSPS) is 24.4. The molecule has 0 aromatic carbocycles. The van der Waals surface area contributed by atoms with Crippen LogP contribution in [0.2, 0.25) is 0 Å². The summed E-state index contributed by atoms with van der Waals surface area (Å²) in [6, 6.07) is -0.0145. The van der Waals surface area contributed by atoms with Gasteiger partial charge in [-0.3, -0.25) is 9.64 Å². The van der Waals surface area contributed by atoms with Gasteiger partial charge in [-0.05, 0) is 19.4 Å². The van der Waals surface area contributed by atoms with Crippen molar-refractivity contribution >= 4 is 0 Å². The molecule has 0 spiro atoms. The average Bonchev–Trinajstić information content (AvgIpc) is 2.41. The summed E-state index contributed by atoms with van der Waals surface area (Å²) < 4.78 is 39.1. The molecule has 1 N–H and O–H groups in total. The fraction of sp³-hybridized carbons (Fsp3) is 1.00. The van der Waals surface area contributed by atoms with Gasteiger partial charge in [-0.15, -0.1) is 13.2 Å². The number of nitrogens with zero attached hydrogens (tertiary/aromatic N) is 1. The minimum atomic E-state index is -4.55. The van der Waals surface area contributed by atoms with E-state index in [4.69, 9.17) is 5.11 Å². The molecule has 1 rings (SSSR count). The predicted octanol–water partition coefficient (Wildman–Crippen LogP) is 1.76. The lowest BCUT2D eigenvalue weighted by molar-refractivity contribution is -0.325. The molecule has 0 saturated carbocycles. The van der Waals surface area contributed by atoms with E-state index >= 15 is 0 Å². The number of likely N-dealkylation sites (tertiary alicyclic amines) is 1. The number of rotatable bonds is 4. The highest BCUT2D eigenvalue weighted by Gasteiger charge is 2.29. The van der Waals surface area contributed by atoms with Crippen LogP contribution >= 0.6 is 0 Å². The van der Waals surface area contributed by atoms with Gasteiger partial charge in [0.05, 0.1) is 13.2 Å². The van der Waals surface area contributed by atoms with E-state index in [9.17, 15) is 13.2 Å². The minimum absolute atomic E-state index is 0.00597. The lowest BCUT2D eigenvalue weighted by Crippen LogP contribution is -2.40. The van der Waals surface area contributed by atoms with Crippen molar-refractivity contribution in [2.24, 2.45) is 0 Å². The second-order valence-electron chi connectivity index (χ2n) is 4.02. The number of aliphatic hydroxyl groups is 1. The summed E-state index contributed by atoms with van der Waals surface area (Å²) in [6.07, 6.45) is -0.624. The Morgan fingerprint density at radius 2 is 2.00 bits per heavy atom. The van der Waals surface area contributed by atoms with Crippen molar-refractivity contribution in [2.75, 3.05) is 26.3 Å².